The van der Waals surface area contributed by atoms with E-state index in [-0.39, 0.29) is 16.6 Å². The minimum absolute atomic E-state index is 0.00127. The van der Waals surface area contributed by atoms with Gasteiger partial charge in [-0.15, -0.1) is 0 Å². The number of ether oxygens (including phenoxy) is 2. The van der Waals surface area contributed by atoms with Gasteiger partial charge in [0.05, 0.1) is 30.7 Å². The largest absolute Gasteiger partial charge is 0.497 e. The molecule has 4 rings (SSSR count). The van der Waals surface area contributed by atoms with E-state index in [0.717, 1.165) is 73.4 Å². The second-order valence-corrected chi connectivity index (χ2v) is 13.1. The molecule has 0 spiro atoms. The summed E-state index contributed by atoms with van der Waals surface area (Å²) < 4.78 is 26.4. The molecule has 40 heavy (non-hydrogen) atoms. The van der Waals surface area contributed by atoms with E-state index in [1.807, 2.05) is 12.1 Å². The van der Waals surface area contributed by atoms with Gasteiger partial charge in [0.25, 0.3) is 0 Å². The van der Waals surface area contributed by atoms with Crippen LogP contribution in [-0.2, 0) is 17.2 Å². The third kappa shape index (κ3) is 6.40. The molecule has 3 aromatic carbocycles. The van der Waals surface area contributed by atoms with Crippen LogP contribution in [-0.4, -0.2) is 37.8 Å². The van der Waals surface area contributed by atoms with Gasteiger partial charge in [0.2, 0.25) is 0 Å². The standard InChI is InChI=1S/C35H47NO3S/c1-7-9-20-35(21-10-8-2)25-30(27-14-12-11-13-15-27)29-23-31(36(3)4)32(39-6)24-33(29)40(37)34(35)22-26-16-18-28(38-5)19-17-26/h11-19,23-24,30,34H,7-10,20-22,25H2,1-6H3. The maximum atomic E-state index is 15.0. The molecule has 0 saturated heterocycles. The van der Waals surface area contributed by atoms with Crippen molar-refractivity contribution in [1.29, 1.82) is 0 Å². The van der Waals surface area contributed by atoms with Crippen molar-refractivity contribution in [3.05, 3.63) is 83.4 Å². The Bertz CT molecular complexity index is 1250. The van der Waals surface area contributed by atoms with E-state index in [1.54, 1.807) is 14.2 Å². The molecule has 1 aliphatic heterocycles. The second-order valence-electron chi connectivity index (χ2n) is 11.5. The fraction of sp³-hybridized carbons (Fsp3) is 0.486. The van der Waals surface area contributed by atoms with E-state index in [1.165, 1.54) is 16.7 Å². The van der Waals surface area contributed by atoms with Crippen molar-refractivity contribution in [2.24, 2.45) is 5.41 Å². The summed E-state index contributed by atoms with van der Waals surface area (Å²) in [6, 6.07) is 23.6. The first kappa shape index (κ1) is 30.2. The molecule has 3 atom stereocenters. The van der Waals surface area contributed by atoms with Crippen molar-refractivity contribution in [1.82, 2.24) is 0 Å². The molecule has 0 N–H and O–H groups in total. The normalized spacial score (nSPS) is 19.9. The van der Waals surface area contributed by atoms with E-state index < -0.39 is 10.8 Å². The van der Waals surface area contributed by atoms with E-state index in [9.17, 15) is 0 Å². The molecule has 1 aliphatic rings. The molecule has 0 aromatic heterocycles. The lowest BCUT2D eigenvalue weighted by Gasteiger charge is -2.41. The highest BCUT2D eigenvalue weighted by molar-refractivity contribution is 7.85. The Kier molecular flexibility index (Phi) is 10.3. The third-order valence-electron chi connectivity index (χ3n) is 8.78. The molecule has 0 radical (unpaired) electrons. The van der Waals surface area contributed by atoms with Gasteiger partial charge in [-0.25, -0.2) is 0 Å². The number of unbranched alkanes of at least 4 members (excludes halogenated alkanes) is 2. The fourth-order valence-electron chi connectivity index (χ4n) is 6.51. The maximum absolute atomic E-state index is 15.0. The predicted molar refractivity (Wildman–Crippen MR) is 169 cm³/mol. The van der Waals surface area contributed by atoms with E-state index in [0.29, 0.717) is 0 Å². The summed E-state index contributed by atoms with van der Waals surface area (Å²) in [5.74, 6) is 1.80. The average Bonchev–Trinajstić information content (AvgIpc) is 3.08. The first-order valence-corrected chi connectivity index (χ1v) is 16.1. The summed E-state index contributed by atoms with van der Waals surface area (Å²) >= 11 is 0. The molecule has 0 bridgehead atoms. The topological polar surface area (TPSA) is 38.8 Å². The second kappa shape index (κ2) is 13.7. The Morgan fingerprint density at radius 2 is 1.55 bits per heavy atom. The number of anilines is 1. The lowest BCUT2D eigenvalue weighted by Crippen LogP contribution is -2.40. The number of fused-ring (bicyclic) bond motifs is 1. The molecule has 0 fully saturated rings. The first-order chi connectivity index (χ1) is 19.4. The molecule has 216 valence electrons. The maximum Gasteiger partial charge on any atom is 0.143 e. The van der Waals surface area contributed by atoms with Crippen LogP contribution in [0.4, 0.5) is 5.69 Å². The van der Waals surface area contributed by atoms with Crippen LogP contribution in [0.5, 0.6) is 11.5 Å². The third-order valence-corrected chi connectivity index (χ3v) is 10.7. The van der Waals surface area contributed by atoms with Crippen molar-refractivity contribution >= 4 is 16.5 Å². The zero-order chi connectivity index (χ0) is 28.7. The lowest BCUT2D eigenvalue weighted by molar-refractivity contribution is 0.187. The van der Waals surface area contributed by atoms with Crippen molar-refractivity contribution in [3.63, 3.8) is 0 Å². The zero-order valence-electron chi connectivity index (χ0n) is 25.2. The van der Waals surface area contributed by atoms with Crippen LogP contribution in [0.15, 0.2) is 71.6 Å². The van der Waals surface area contributed by atoms with Crippen LogP contribution in [0.3, 0.4) is 0 Å². The van der Waals surface area contributed by atoms with Gasteiger partial charge >= 0.3 is 0 Å². The SMILES string of the molecule is CCCCC1(CCCC)CC(c2ccccc2)c2cc(N(C)C)c(OC)cc2S(=O)C1Cc1ccc(OC)cc1. The average molecular weight is 562 g/mol. The van der Waals surface area contributed by atoms with Crippen molar-refractivity contribution in [2.45, 2.75) is 81.3 Å². The van der Waals surface area contributed by atoms with Gasteiger partial charge in [0.1, 0.15) is 11.5 Å². The van der Waals surface area contributed by atoms with Crippen LogP contribution in [0.25, 0.3) is 0 Å². The monoisotopic (exact) mass is 561 g/mol. The number of benzene rings is 3. The summed E-state index contributed by atoms with van der Waals surface area (Å²) in [4.78, 5) is 3.04. The van der Waals surface area contributed by atoms with Crippen LogP contribution in [0.2, 0.25) is 0 Å². The quantitative estimate of drug-likeness (QED) is 0.223. The molecule has 3 unspecified atom stereocenters. The van der Waals surface area contributed by atoms with Crippen LogP contribution >= 0.6 is 0 Å². The minimum Gasteiger partial charge on any atom is -0.497 e. The van der Waals surface area contributed by atoms with Gasteiger partial charge in [-0.3, -0.25) is 4.21 Å². The highest BCUT2D eigenvalue weighted by Crippen LogP contribution is 2.54. The summed E-state index contributed by atoms with van der Waals surface area (Å²) in [5, 5.41) is 0.00127. The zero-order valence-corrected chi connectivity index (χ0v) is 26.1. The van der Waals surface area contributed by atoms with Gasteiger partial charge in [-0.2, -0.15) is 0 Å². The molecule has 1 heterocycles. The van der Waals surface area contributed by atoms with Crippen LogP contribution in [0.1, 0.15) is 81.4 Å². The Hall–Kier alpha value is -2.79. The van der Waals surface area contributed by atoms with Gasteiger partial charge < -0.3 is 14.4 Å². The molecule has 4 nitrogen and oxygen atoms in total. The Morgan fingerprint density at radius 1 is 0.900 bits per heavy atom. The molecule has 0 aliphatic carbocycles. The number of rotatable bonds is 12. The Labute approximate surface area is 244 Å². The Morgan fingerprint density at radius 3 is 2.10 bits per heavy atom. The fourth-order valence-corrected chi connectivity index (χ4v) is 8.61. The van der Waals surface area contributed by atoms with E-state index in [4.69, 9.17) is 9.47 Å². The molecule has 5 heteroatoms. The smallest absolute Gasteiger partial charge is 0.143 e. The number of nitrogens with zero attached hydrogens (tertiary/aromatic N) is 1. The lowest BCUT2D eigenvalue weighted by atomic mass is 9.66. The molecular weight excluding hydrogens is 514 g/mol. The van der Waals surface area contributed by atoms with Crippen LogP contribution in [0, 0.1) is 5.41 Å². The van der Waals surface area contributed by atoms with Gasteiger partial charge in [-0.1, -0.05) is 82.0 Å². The molecule has 3 aromatic rings. The number of hydrogen-bond acceptors (Lipinski definition) is 4. The van der Waals surface area contributed by atoms with Crippen LogP contribution < -0.4 is 14.4 Å². The summed E-state index contributed by atoms with van der Waals surface area (Å²) in [6.07, 6.45) is 8.51. The Balaban J connectivity index is 1.96. The highest BCUT2D eigenvalue weighted by atomic mass is 32.2. The number of hydrogen-bond donors (Lipinski definition) is 0. The van der Waals surface area contributed by atoms with Crippen molar-refractivity contribution in [2.75, 3.05) is 33.2 Å². The molecular formula is C35H47NO3S. The highest BCUT2D eigenvalue weighted by Gasteiger charge is 2.47. The first-order valence-electron chi connectivity index (χ1n) is 14.8. The molecule has 0 saturated carbocycles. The number of methoxy groups -OCH3 is 2. The summed E-state index contributed by atoms with van der Waals surface area (Å²) in [7, 11) is 6.30. The summed E-state index contributed by atoms with van der Waals surface area (Å²) in [6.45, 7) is 4.55. The van der Waals surface area contributed by atoms with E-state index in [2.05, 4.69) is 87.4 Å². The minimum atomic E-state index is -1.21. The van der Waals surface area contributed by atoms with Gasteiger partial charge in [0, 0.05) is 30.2 Å². The molecule has 0 amide bonds. The van der Waals surface area contributed by atoms with Gasteiger partial charge in [-0.05, 0) is 72.1 Å². The van der Waals surface area contributed by atoms with Crippen molar-refractivity contribution in [3.8, 4) is 11.5 Å². The van der Waals surface area contributed by atoms with Gasteiger partial charge in [0.15, 0.2) is 0 Å². The van der Waals surface area contributed by atoms with Crippen molar-refractivity contribution < 1.29 is 13.7 Å². The van der Waals surface area contributed by atoms with E-state index >= 15 is 4.21 Å². The predicted octanol–water partition coefficient (Wildman–Crippen LogP) is 8.39. The summed E-state index contributed by atoms with van der Waals surface area (Å²) in [5.41, 5.74) is 4.68.